The van der Waals surface area contributed by atoms with Crippen molar-refractivity contribution in [2.45, 2.75) is 25.8 Å². The molecular weight excluding hydrogens is 372 g/mol. The first-order chi connectivity index (χ1) is 13.6. The molecule has 0 aliphatic carbocycles. The highest BCUT2D eigenvalue weighted by Crippen LogP contribution is 2.45. The van der Waals surface area contributed by atoms with Gasteiger partial charge in [-0.3, -0.25) is 14.8 Å². The summed E-state index contributed by atoms with van der Waals surface area (Å²) >= 11 is 1.44. The van der Waals surface area contributed by atoms with Gasteiger partial charge in [-0.1, -0.05) is 38.1 Å². The average molecular weight is 390 g/mol. The number of aromatic amines is 1. The molecule has 0 spiro atoms. The van der Waals surface area contributed by atoms with E-state index in [9.17, 15) is 4.79 Å². The zero-order chi connectivity index (χ0) is 19.3. The van der Waals surface area contributed by atoms with E-state index in [1.165, 1.54) is 16.9 Å². The molecule has 0 fully saturated rings. The third-order valence-corrected chi connectivity index (χ3v) is 5.84. The third kappa shape index (κ3) is 2.51. The Morgan fingerprint density at radius 3 is 2.68 bits per heavy atom. The van der Waals surface area contributed by atoms with E-state index in [1.54, 1.807) is 17.4 Å². The van der Waals surface area contributed by atoms with Crippen LogP contribution in [0.15, 0.2) is 58.7 Å². The number of nitrogens with one attached hydrogen (secondary N) is 1. The first-order valence-corrected chi connectivity index (χ1v) is 9.98. The van der Waals surface area contributed by atoms with Crippen LogP contribution < -0.4 is 4.90 Å². The Morgan fingerprint density at radius 1 is 1.21 bits per heavy atom. The normalized spacial score (nSPS) is 16.2. The molecule has 3 aromatic heterocycles. The largest absolute Gasteiger partial charge is 0.463 e. The number of hydrogen-bond donors (Lipinski definition) is 1. The van der Waals surface area contributed by atoms with Crippen LogP contribution in [0.3, 0.4) is 0 Å². The molecule has 1 amide bonds. The Morgan fingerprint density at radius 2 is 2.04 bits per heavy atom. The highest BCUT2D eigenvalue weighted by molar-refractivity contribution is 7.13. The van der Waals surface area contributed by atoms with Crippen molar-refractivity contribution in [1.29, 1.82) is 0 Å². The monoisotopic (exact) mass is 390 g/mol. The van der Waals surface area contributed by atoms with Crippen LogP contribution >= 0.6 is 11.3 Å². The zero-order valence-electron chi connectivity index (χ0n) is 15.4. The Kier molecular flexibility index (Phi) is 3.91. The molecule has 1 aliphatic rings. The summed E-state index contributed by atoms with van der Waals surface area (Å²) in [6.07, 6.45) is 3.33. The molecule has 1 aliphatic heterocycles. The number of amides is 1. The molecule has 1 aromatic carbocycles. The number of fused-ring (bicyclic) bond motifs is 1. The van der Waals surface area contributed by atoms with Crippen molar-refractivity contribution in [3.8, 4) is 11.5 Å². The summed E-state index contributed by atoms with van der Waals surface area (Å²) in [7, 11) is 0. The summed E-state index contributed by atoms with van der Waals surface area (Å²) in [5, 5.41) is 9.84. The second-order valence-electron chi connectivity index (χ2n) is 7.05. The van der Waals surface area contributed by atoms with Crippen LogP contribution in [0.5, 0.6) is 0 Å². The van der Waals surface area contributed by atoms with Gasteiger partial charge in [0.1, 0.15) is 5.69 Å². The van der Waals surface area contributed by atoms with Crippen molar-refractivity contribution < 1.29 is 9.21 Å². The molecule has 4 heterocycles. The maximum absolute atomic E-state index is 13.2. The highest BCUT2D eigenvalue weighted by Gasteiger charge is 2.44. The van der Waals surface area contributed by atoms with E-state index in [1.807, 2.05) is 17.5 Å². The molecule has 4 aromatic rings. The molecule has 0 saturated heterocycles. The van der Waals surface area contributed by atoms with E-state index in [4.69, 9.17) is 4.42 Å². The Hall–Kier alpha value is -3.19. The van der Waals surface area contributed by atoms with E-state index in [0.29, 0.717) is 22.5 Å². The molecule has 140 valence electrons. The van der Waals surface area contributed by atoms with Crippen LogP contribution in [-0.4, -0.2) is 21.1 Å². The van der Waals surface area contributed by atoms with Gasteiger partial charge in [-0.2, -0.15) is 5.10 Å². The van der Waals surface area contributed by atoms with Gasteiger partial charge in [0.05, 0.1) is 12.3 Å². The van der Waals surface area contributed by atoms with Crippen LogP contribution in [0, 0.1) is 0 Å². The Labute approximate surface area is 165 Å². The molecule has 6 nitrogen and oxygen atoms in total. The first kappa shape index (κ1) is 16.9. The van der Waals surface area contributed by atoms with Crippen LogP contribution in [0.4, 0.5) is 5.13 Å². The zero-order valence-corrected chi connectivity index (χ0v) is 16.2. The molecular formula is C21H18N4O2S. The second kappa shape index (κ2) is 6.45. The highest BCUT2D eigenvalue weighted by atomic mass is 32.1. The molecule has 7 heteroatoms. The predicted octanol–water partition coefficient (Wildman–Crippen LogP) is 5.00. The number of thiazole rings is 1. The van der Waals surface area contributed by atoms with Gasteiger partial charge in [0, 0.05) is 17.1 Å². The van der Waals surface area contributed by atoms with Crippen molar-refractivity contribution in [3.05, 3.63) is 76.6 Å². The number of furan rings is 1. The number of aromatic nitrogens is 3. The third-order valence-electron chi connectivity index (χ3n) is 5.07. The Balaban J connectivity index is 1.69. The SMILES string of the molecule is CC(C)c1ccc(C2c3c(n[nH]c3-c3ccco3)C(=O)N2c2nccs2)cc1. The molecule has 1 atom stereocenters. The molecule has 0 radical (unpaired) electrons. The minimum absolute atomic E-state index is 0.156. The number of carbonyl (C=O) groups excluding carboxylic acids is 1. The topological polar surface area (TPSA) is 75.0 Å². The number of hydrogen-bond acceptors (Lipinski definition) is 5. The fourth-order valence-electron chi connectivity index (χ4n) is 3.66. The minimum Gasteiger partial charge on any atom is -0.463 e. The number of carbonyl (C=O) groups is 1. The number of anilines is 1. The van der Waals surface area contributed by atoms with E-state index in [2.05, 4.69) is 53.3 Å². The summed E-state index contributed by atoms with van der Waals surface area (Å²) in [5.74, 6) is 0.945. The van der Waals surface area contributed by atoms with Gasteiger partial charge in [-0.25, -0.2) is 4.98 Å². The van der Waals surface area contributed by atoms with Gasteiger partial charge < -0.3 is 4.42 Å². The van der Waals surface area contributed by atoms with E-state index in [0.717, 1.165) is 16.8 Å². The predicted molar refractivity (Wildman–Crippen MR) is 108 cm³/mol. The maximum atomic E-state index is 13.2. The quantitative estimate of drug-likeness (QED) is 0.532. The standard InChI is InChI=1S/C21H18N4O2S/c1-12(2)13-5-7-14(8-6-13)19-16-17(15-4-3-10-27-15)23-24-18(16)20(26)25(19)21-22-9-11-28-21/h3-12,19H,1-2H3,(H,23,24). The summed E-state index contributed by atoms with van der Waals surface area (Å²) in [6, 6.07) is 11.8. The van der Waals surface area contributed by atoms with Crippen LogP contribution in [0.2, 0.25) is 0 Å². The molecule has 0 bridgehead atoms. The van der Waals surface area contributed by atoms with Gasteiger partial charge in [0.25, 0.3) is 5.91 Å². The van der Waals surface area contributed by atoms with Crippen molar-refractivity contribution >= 4 is 22.4 Å². The molecule has 1 N–H and O–H groups in total. The van der Waals surface area contributed by atoms with Crippen molar-refractivity contribution in [3.63, 3.8) is 0 Å². The minimum atomic E-state index is -0.311. The van der Waals surface area contributed by atoms with Crippen molar-refractivity contribution in [2.75, 3.05) is 4.90 Å². The Bertz CT molecular complexity index is 1110. The molecule has 28 heavy (non-hydrogen) atoms. The van der Waals surface area contributed by atoms with Gasteiger partial charge in [0.15, 0.2) is 16.6 Å². The molecule has 0 saturated carbocycles. The van der Waals surface area contributed by atoms with E-state index in [-0.39, 0.29) is 11.9 Å². The number of rotatable bonds is 4. The van der Waals surface area contributed by atoms with Gasteiger partial charge in [0.2, 0.25) is 0 Å². The van der Waals surface area contributed by atoms with Gasteiger partial charge in [-0.05, 0) is 29.2 Å². The van der Waals surface area contributed by atoms with Crippen LogP contribution in [-0.2, 0) is 0 Å². The molecule has 5 rings (SSSR count). The van der Waals surface area contributed by atoms with Crippen LogP contribution in [0.25, 0.3) is 11.5 Å². The number of H-pyrrole nitrogens is 1. The molecule has 1 unspecified atom stereocenters. The lowest BCUT2D eigenvalue weighted by Crippen LogP contribution is -2.29. The fourth-order valence-corrected chi connectivity index (χ4v) is 4.33. The average Bonchev–Trinajstić information content (AvgIpc) is 3.48. The lowest BCUT2D eigenvalue weighted by molar-refractivity contribution is 0.0988. The lowest BCUT2D eigenvalue weighted by Gasteiger charge is -2.24. The van der Waals surface area contributed by atoms with Gasteiger partial charge in [-0.15, -0.1) is 11.3 Å². The van der Waals surface area contributed by atoms with Gasteiger partial charge >= 0.3 is 0 Å². The lowest BCUT2D eigenvalue weighted by atomic mass is 9.95. The van der Waals surface area contributed by atoms with Crippen molar-refractivity contribution in [1.82, 2.24) is 15.2 Å². The summed E-state index contributed by atoms with van der Waals surface area (Å²) in [6.45, 7) is 4.33. The van der Waals surface area contributed by atoms with E-state index >= 15 is 0 Å². The summed E-state index contributed by atoms with van der Waals surface area (Å²) in [4.78, 5) is 19.3. The summed E-state index contributed by atoms with van der Waals surface area (Å²) in [5.41, 5.74) is 4.24. The maximum Gasteiger partial charge on any atom is 0.281 e. The van der Waals surface area contributed by atoms with Crippen molar-refractivity contribution in [2.24, 2.45) is 0 Å². The smallest absolute Gasteiger partial charge is 0.281 e. The van der Waals surface area contributed by atoms with E-state index < -0.39 is 0 Å². The summed E-state index contributed by atoms with van der Waals surface area (Å²) < 4.78 is 5.59. The first-order valence-electron chi connectivity index (χ1n) is 9.10. The number of nitrogens with zero attached hydrogens (tertiary/aromatic N) is 3. The fraction of sp³-hybridized carbons (Fsp3) is 0.190. The second-order valence-corrected chi connectivity index (χ2v) is 7.92. The van der Waals surface area contributed by atoms with Crippen LogP contribution in [0.1, 0.15) is 53.0 Å². The number of benzene rings is 1.